The number of amides is 1. The molecular weight excluding hydrogens is 289 g/mol. The summed E-state index contributed by atoms with van der Waals surface area (Å²) < 4.78 is 19.5. The van der Waals surface area contributed by atoms with Gasteiger partial charge in [0, 0.05) is 12.5 Å². The highest BCUT2D eigenvalue weighted by atomic mass is 19.1. The number of carboxylic acid groups (broad SMARTS) is 1. The van der Waals surface area contributed by atoms with Crippen LogP contribution < -0.4 is 0 Å². The molecule has 2 aliphatic heterocycles. The molecule has 0 unspecified atom stereocenters. The van der Waals surface area contributed by atoms with Crippen LogP contribution in [0.15, 0.2) is 30.3 Å². The third-order valence-corrected chi connectivity index (χ3v) is 4.36. The SMILES string of the molecule is O=C(O)[C@@H]1CC[C@H](C(=O)N2C[C@@H](F)[C@@H](c3ccccc3)C2)O1. The van der Waals surface area contributed by atoms with E-state index in [0.29, 0.717) is 19.4 Å². The van der Waals surface area contributed by atoms with Crippen LogP contribution in [-0.2, 0) is 14.3 Å². The van der Waals surface area contributed by atoms with Gasteiger partial charge < -0.3 is 14.7 Å². The van der Waals surface area contributed by atoms with E-state index in [1.54, 1.807) is 0 Å². The van der Waals surface area contributed by atoms with Crippen LogP contribution in [0.4, 0.5) is 4.39 Å². The van der Waals surface area contributed by atoms with Crippen molar-refractivity contribution in [1.29, 1.82) is 0 Å². The number of rotatable bonds is 3. The number of likely N-dealkylation sites (tertiary alicyclic amines) is 1. The molecule has 2 heterocycles. The Bertz CT molecular complexity index is 565. The van der Waals surface area contributed by atoms with Crippen LogP contribution in [-0.4, -0.2) is 53.4 Å². The maximum atomic E-state index is 14.2. The lowest BCUT2D eigenvalue weighted by atomic mass is 9.97. The number of ether oxygens (including phenoxy) is 1. The molecule has 1 aromatic rings. The van der Waals surface area contributed by atoms with Crippen molar-refractivity contribution in [3.05, 3.63) is 35.9 Å². The predicted octanol–water partition coefficient (Wildman–Crippen LogP) is 1.58. The first-order chi connectivity index (χ1) is 10.6. The Morgan fingerprint density at radius 2 is 1.82 bits per heavy atom. The molecule has 3 rings (SSSR count). The van der Waals surface area contributed by atoms with Crippen LogP contribution >= 0.6 is 0 Å². The number of halogens is 1. The smallest absolute Gasteiger partial charge is 0.332 e. The second-order valence-electron chi connectivity index (χ2n) is 5.81. The Labute approximate surface area is 127 Å². The number of benzene rings is 1. The van der Waals surface area contributed by atoms with Gasteiger partial charge in [-0.05, 0) is 18.4 Å². The van der Waals surface area contributed by atoms with E-state index in [1.165, 1.54) is 4.90 Å². The molecule has 0 spiro atoms. The summed E-state index contributed by atoms with van der Waals surface area (Å²) in [6, 6.07) is 9.29. The zero-order valence-corrected chi connectivity index (χ0v) is 12.0. The van der Waals surface area contributed by atoms with Gasteiger partial charge in [0.1, 0.15) is 12.3 Å². The Balaban J connectivity index is 1.65. The van der Waals surface area contributed by atoms with Crippen molar-refractivity contribution in [2.24, 2.45) is 0 Å². The van der Waals surface area contributed by atoms with Crippen molar-refractivity contribution in [2.45, 2.75) is 37.1 Å². The third-order valence-electron chi connectivity index (χ3n) is 4.36. The second kappa shape index (κ2) is 6.04. The highest BCUT2D eigenvalue weighted by molar-refractivity contribution is 5.83. The summed E-state index contributed by atoms with van der Waals surface area (Å²) >= 11 is 0. The van der Waals surface area contributed by atoms with E-state index >= 15 is 0 Å². The quantitative estimate of drug-likeness (QED) is 0.921. The maximum Gasteiger partial charge on any atom is 0.332 e. The molecule has 6 heteroatoms. The minimum atomic E-state index is -1.11. The highest BCUT2D eigenvalue weighted by Gasteiger charge is 2.42. The lowest BCUT2D eigenvalue weighted by Gasteiger charge is -2.20. The van der Waals surface area contributed by atoms with Gasteiger partial charge >= 0.3 is 5.97 Å². The summed E-state index contributed by atoms with van der Waals surface area (Å²) in [6.45, 7) is 0.345. The van der Waals surface area contributed by atoms with E-state index in [2.05, 4.69) is 0 Å². The van der Waals surface area contributed by atoms with E-state index in [0.717, 1.165) is 5.56 Å². The molecule has 118 valence electrons. The molecule has 1 N–H and O–H groups in total. The van der Waals surface area contributed by atoms with Gasteiger partial charge in [0.15, 0.2) is 6.10 Å². The van der Waals surface area contributed by atoms with Gasteiger partial charge in [0.25, 0.3) is 5.91 Å². The number of carbonyl (C=O) groups excluding carboxylic acids is 1. The number of hydrogen-bond donors (Lipinski definition) is 1. The molecule has 2 aliphatic rings. The molecule has 4 atom stereocenters. The van der Waals surface area contributed by atoms with Gasteiger partial charge in [-0.3, -0.25) is 4.79 Å². The summed E-state index contributed by atoms with van der Waals surface area (Å²) in [4.78, 5) is 24.7. The minimum Gasteiger partial charge on any atom is -0.479 e. The van der Waals surface area contributed by atoms with Crippen LogP contribution in [0.5, 0.6) is 0 Å². The van der Waals surface area contributed by atoms with Crippen molar-refractivity contribution < 1.29 is 23.8 Å². The first-order valence-corrected chi connectivity index (χ1v) is 7.42. The normalized spacial score (nSPS) is 31.4. The van der Waals surface area contributed by atoms with E-state index in [1.807, 2.05) is 30.3 Å². The van der Waals surface area contributed by atoms with Gasteiger partial charge in [-0.15, -0.1) is 0 Å². The molecule has 1 aromatic carbocycles. The van der Waals surface area contributed by atoms with Crippen LogP contribution in [0.3, 0.4) is 0 Å². The predicted molar refractivity (Wildman–Crippen MR) is 76.2 cm³/mol. The Kier molecular flexibility index (Phi) is 4.11. The first kappa shape index (κ1) is 15.0. The standard InChI is InChI=1S/C16H18FNO4/c17-12-9-18(8-11(12)10-4-2-1-3-5-10)15(19)13-6-7-14(22-13)16(20)21/h1-5,11-14H,6-9H2,(H,20,21)/t11-,12-,13-,14+/m1/s1. The molecule has 0 bridgehead atoms. The van der Waals surface area contributed by atoms with Crippen molar-refractivity contribution in [3.8, 4) is 0 Å². The molecule has 5 nitrogen and oxygen atoms in total. The molecule has 0 saturated carbocycles. The van der Waals surface area contributed by atoms with E-state index in [4.69, 9.17) is 9.84 Å². The first-order valence-electron chi connectivity index (χ1n) is 7.42. The fraction of sp³-hybridized carbons (Fsp3) is 0.500. The number of aliphatic carboxylic acids is 1. The van der Waals surface area contributed by atoms with E-state index < -0.39 is 24.3 Å². The monoisotopic (exact) mass is 307 g/mol. The molecule has 1 amide bonds. The Morgan fingerprint density at radius 3 is 2.45 bits per heavy atom. The summed E-state index contributed by atoms with van der Waals surface area (Å²) in [5.74, 6) is -1.69. The Hall–Kier alpha value is -1.95. The number of nitrogens with zero attached hydrogens (tertiary/aromatic N) is 1. The largest absolute Gasteiger partial charge is 0.479 e. The molecule has 2 saturated heterocycles. The fourth-order valence-corrected chi connectivity index (χ4v) is 3.16. The van der Waals surface area contributed by atoms with Crippen molar-refractivity contribution in [1.82, 2.24) is 4.90 Å². The van der Waals surface area contributed by atoms with Crippen LogP contribution in [0.25, 0.3) is 0 Å². The molecule has 0 aliphatic carbocycles. The summed E-state index contributed by atoms with van der Waals surface area (Å²) in [5.41, 5.74) is 0.876. The zero-order valence-electron chi connectivity index (χ0n) is 12.0. The lowest BCUT2D eigenvalue weighted by Crippen LogP contribution is -2.38. The van der Waals surface area contributed by atoms with Crippen LogP contribution in [0.1, 0.15) is 24.3 Å². The van der Waals surface area contributed by atoms with Gasteiger partial charge in [-0.2, -0.15) is 0 Å². The van der Waals surface area contributed by atoms with Crippen molar-refractivity contribution in [2.75, 3.05) is 13.1 Å². The van der Waals surface area contributed by atoms with E-state index in [9.17, 15) is 14.0 Å². The highest BCUT2D eigenvalue weighted by Crippen LogP contribution is 2.31. The maximum absolute atomic E-state index is 14.2. The lowest BCUT2D eigenvalue weighted by molar-refractivity contribution is -0.154. The van der Waals surface area contributed by atoms with Crippen LogP contribution in [0.2, 0.25) is 0 Å². The summed E-state index contributed by atoms with van der Waals surface area (Å²) in [6.07, 6.45) is -2.10. The molecular formula is C16H18FNO4. The molecule has 22 heavy (non-hydrogen) atoms. The minimum absolute atomic E-state index is 0.0377. The summed E-state index contributed by atoms with van der Waals surface area (Å²) in [7, 11) is 0. The number of alkyl halides is 1. The number of carboxylic acids is 1. The van der Waals surface area contributed by atoms with Crippen LogP contribution in [0, 0.1) is 0 Å². The van der Waals surface area contributed by atoms with Crippen molar-refractivity contribution >= 4 is 11.9 Å². The average Bonchev–Trinajstić information content (AvgIpc) is 3.14. The topological polar surface area (TPSA) is 66.8 Å². The number of carbonyl (C=O) groups is 2. The van der Waals surface area contributed by atoms with Gasteiger partial charge in [0.2, 0.25) is 0 Å². The molecule has 0 aromatic heterocycles. The Morgan fingerprint density at radius 1 is 1.14 bits per heavy atom. The van der Waals surface area contributed by atoms with Gasteiger partial charge in [-0.25, -0.2) is 9.18 Å². The fourth-order valence-electron chi connectivity index (χ4n) is 3.16. The van der Waals surface area contributed by atoms with Gasteiger partial charge in [-0.1, -0.05) is 30.3 Å². The molecule has 2 fully saturated rings. The number of hydrogen-bond acceptors (Lipinski definition) is 3. The zero-order chi connectivity index (χ0) is 15.7. The van der Waals surface area contributed by atoms with E-state index in [-0.39, 0.29) is 18.4 Å². The molecule has 0 radical (unpaired) electrons. The summed E-state index contributed by atoms with van der Waals surface area (Å²) in [5, 5.41) is 8.90. The van der Waals surface area contributed by atoms with Gasteiger partial charge in [0.05, 0.1) is 6.54 Å². The third kappa shape index (κ3) is 2.83. The average molecular weight is 307 g/mol. The second-order valence-corrected chi connectivity index (χ2v) is 5.81. The van der Waals surface area contributed by atoms with Crippen molar-refractivity contribution in [3.63, 3.8) is 0 Å².